The molecule has 0 saturated carbocycles. The van der Waals surface area contributed by atoms with Gasteiger partial charge in [-0.15, -0.1) is 0 Å². The molecule has 1 aromatic rings. The molecule has 19 heavy (non-hydrogen) atoms. The highest BCUT2D eigenvalue weighted by Crippen LogP contribution is 2.08. The molecule has 0 spiro atoms. The normalized spacial score (nSPS) is 12.3. The highest BCUT2D eigenvalue weighted by Gasteiger charge is 2.25. The maximum Gasteiger partial charge on any atom is 0.304 e. The second-order valence-corrected chi connectivity index (χ2v) is 6.21. The number of carboxylic acids is 1. The van der Waals surface area contributed by atoms with Crippen LogP contribution >= 0.6 is 0 Å². The van der Waals surface area contributed by atoms with Crippen molar-refractivity contribution in [3.05, 3.63) is 11.6 Å². The number of carbonyl (C=O) groups is 1. The Bertz CT molecular complexity index is 541. The van der Waals surface area contributed by atoms with Gasteiger partial charge in [0, 0.05) is 20.6 Å². The third-order valence-electron chi connectivity index (χ3n) is 2.44. The van der Waals surface area contributed by atoms with Gasteiger partial charge in [-0.05, 0) is 6.92 Å². The van der Waals surface area contributed by atoms with Crippen LogP contribution in [-0.2, 0) is 21.5 Å². The quantitative estimate of drug-likeness (QED) is 0.678. The Morgan fingerprint density at radius 1 is 1.37 bits per heavy atom. The summed E-state index contributed by atoms with van der Waals surface area (Å²) in [5.41, 5.74) is 0. The average molecular weight is 291 g/mol. The Kier molecular flexibility index (Phi) is 4.97. The zero-order valence-electron chi connectivity index (χ0n) is 11.0. The molecule has 1 aromatic heterocycles. The summed E-state index contributed by atoms with van der Waals surface area (Å²) in [7, 11) is -0.996. The SMILES string of the molecule is Cc1nc(CN(C)S(=O)(=O)N(C)CCC(=O)O)n[nH]1. The summed E-state index contributed by atoms with van der Waals surface area (Å²) < 4.78 is 26.1. The first-order chi connectivity index (χ1) is 8.73. The van der Waals surface area contributed by atoms with Crippen molar-refractivity contribution in [3.63, 3.8) is 0 Å². The lowest BCUT2D eigenvalue weighted by Crippen LogP contribution is -2.40. The fourth-order valence-electron chi connectivity index (χ4n) is 1.35. The van der Waals surface area contributed by atoms with Crippen molar-refractivity contribution in [1.82, 2.24) is 23.8 Å². The van der Waals surface area contributed by atoms with Crippen molar-refractivity contribution >= 4 is 16.2 Å². The van der Waals surface area contributed by atoms with Crippen LogP contribution < -0.4 is 0 Å². The van der Waals surface area contributed by atoms with E-state index in [2.05, 4.69) is 15.2 Å². The fourth-order valence-corrected chi connectivity index (χ4v) is 2.42. The van der Waals surface area contributed by atoms with Gasteiger partial charge < -0.3 is 5.11 Å². The molecule has 0 radical (unpaired) electrons. The first kappa shape index (κ1) is 15.5. The van der Waals surface area contributed by atoms with E-state index in [0.29, 0.717) is 11.6 Å². The highest BCUT2D eigenvalue weighted by molar-refractivity contribution is 7.86. The van der Waals surface area contributed by atoms with Crippen molar-refractivity contribution < 1.29 is 18.3 Å². The predicted molar refractivity (Wildman–Crippen MR) is 66.4 cm³/mol. The minimum atomic E-state index is -3.71. The number of nitrogens with zero attached hydrogens (tertiary/aromatic N) is 4. The zero-order chi connectivity index (χ0) is 14.6. The molecular formula is C9H17N5O4S. The monoisotopic (exact) mass is 291 g/mol. The summed E-state index contributed by atoms with van der Waals surface area (Å²) in [6.45, 7) is 1.64. The van der Waals surface area contributed by atoms with Gasteiger partial charge in [-0.25, -0.2) is 4.98 Å². The molecule has 0 atom stereocenters. The third kappa shape index (κ3) is 4.26. The number of aliphatic carboxylic acids is 1. The number of hydrogen-bond acceptors (Lipinski definition) is 5. The Balaban J connectivity index is 2.67. The van der Waals surface area contributed by atoms with Gasteiger partial charge in [-0.2, -0.15) is 22.1 Å². The van der Waals surface area contributed by atoms with Crippen molar-refractivity contribution in [1.29, 1.82) is 0 Å². The summed E-state index contributed by atoms with van der Waals surface area (Å²) in [6.07, 6.45) is -0.247. The Morgan fingerprint density at radius 2 is 2.00 bits per heavy atom. The molecule has 0 saturated heterocycles. The van der Waals surface area contributed by atoms with Crippen LogP contribution in [0.4, 0.5) is 0 Å². The van der Waals surface area contributed by atoms with Crippen molar-refractivity contribution in [2.75, 3.05) is 20.6 Å². The molecule has 1 rings (SSSR count). The second-order valence-electron chi connectivity index (χ2n) is 4.07. The Morgan fingerprint density at radius 3 is 2.47 bits per heavy atom. The van der Waals surface area contributed by atoms with Gasteiger partial charge in [-0.3, -0.25) is 9.89 Å². The van der Waals surface area contributed by atoms with E-state index in [-0.39, 0.29) is 19.5 Å². The maximum atomic E-state index is 12.0. The lowest BCUT2D eigenvalue weighted by Gasteiger charge is -2.22. The molecule has 0 unspecified atom stereocenters. The average Bonchev–Trinajstić information content (AvgIpc) is 2.71. The van der Waals surface area contributed by atoms with Crippen LogP contribution in [-0.4, -0.2) is 63.9 Å². The summed E-state index contributed by atoms with van der Waals surface area (Å²) >= 11 is 0. The van der Waals surface area contributed by atoms with Crippen LogP contribution in [0.1, 0.15) is 18.1 Å². The van der Waals surface area contributed by atoms with Gasteiger partial charge in [0.1, 0.15) is 5.82 Å². The molecule has 10 heteroatoms. The number of aromatic nitrogens is 3. The van der Waals surface area contributed by atoms with Gasteiger partial charge in [-0.1, -0.05) is 0 Å². The van der Waals surface area contributed by atoms with Crippen molar-refractivity contribution in [3.8, 4) is 0 Å². The van der Waals surface area contributed by atoms with Crippen LogP contribution in [0.25, 0.3) is 0 Å². The third-order valence-corrected chi connectivity index (χ3v) is 4.32. The van der Waals surface area contributed by atoms with E-state index in [9.17, 15) is 13.2 Å². The van der Waals surface area contributed by atoms with Gasteiger partial charge >= 0.3 is 5.97 Å². The minimum Gasteiger partial charge on any atom is -0.481 e. The fraction of sp³-hybridized carbons (Fsp3) is 0.667. The lowest BCUT2D eigenvalue weighted by atomic mass is 10.4. The molecule has 0 fully saturated rings. The summed E-state index contributed by atoms with van der Waals surface area (Å²) in [4.78, 5) is 14.4. The van der Waals surface area contributed by atoms with E-state index >= 15 is 0 Å². The Labute approximate surface area is 111 Å². The number of aryl methyl sites for hydroxylation is 1. The molecule has 0 aliphatic heterocycles. The largest absolute Gasteiger partial charge is 0.481 e. The van der Waals surface area contributed by atoms with Gasteiger partial charge in [0.25, 0.3) is 10.2 Å². The summed E-state index contributed by atoms with van der Waals surface area (Å²) in [5, 5.41) is 15.0. The van der Waals surface area contributed by atoms with E-state index < -0.39 is 16.2 Å². The zero-order valence-corrected chi connectivity index (χ0v) is 11.8. The van der Waals surface area contributed by atoms with E-state index in [0.717, 1.165) is 8.61 Å². The van der Waals surface area contributed by atoms with Gasteiger partial charge in [0.05, 0.1) is 13.0 Å². The van der Waals surface area contributed by atoms with E-state index in [1.807, 2.05) is 0 Å². The number of hydrogen-bond donors (Lipinski definition) is 2. The summed E-state index contributed by atoms with van der Waals surface area (Å²) in [6, 6.07) is 0. The minimum absolute atomic E-state index is 0.0179. The molecule has 0 amide bonds. The molecule has 0 aliphatic rings. The number of H-pyrrole nitrogens is 1. The Hall–Kier alpha value is -1.52. The van der Waals surface area contributed by atoms with Gasteiger partial charge in [0.15, 0.2) is 5.82 Å². The first-order valence-corrected chi connectivity index (χ1v) is 6.90. The summed E-state index contributed by atoms with van der Waals surface area (Å²) in [5.74, 6) is -0.0930. The van der Waals surface area contributed by atoms with Crippen LogP contribution in [0, 0.1) is 6.92 Å². The number of nitrogens with one attached hydrogen (secondary N) is 1. The van der Waals surface area contributed by atoms with Gasteiger partial charge in [0.2, 0.25) is 0 Å². The molecule has 0 bridgehead atoms. The van der Waals surface area contributed by atoms with E-state index in [4.69, 9.17) is 5.11 Å². The first-order valence-electron chi connectivity index (χ1n) is 5.50. The molecule has 1 heterocycles. The smallest absolute Gasteiger partial charge is 0.304 e. The molecule has 0 aromatic carbocycles. The van der Waals surface area contributed by atoms with Crippen LogP contribution in [0.3, 0.4) is 0 Å². The van der Waals surface area contributed by atoms with Crippen LogP contribution in [0.5, 0.6) is 0 Å². The number of aromatic amines is 1. The molecule has 0 aliphatic carbocycles. The molecular weight excluding hydrogens is 274 g/mol. The molecule has 108 valence electrons. The van der Waals surface area contributed by atoms with Crippen molar-refractivity contribution in [2.45, 2.75) is 19.9 Å². The molecule has 9 nitrogen and oxygen atoms in total. The van der Waals surface area contributed by atoms with Crippen LogP contribution in [0.2, 0.25) is 0 Å². The molecule has 2 N–H and O–H groups in total. The number of rotatable bonds is 7. The lowest BCUT2D eigenvalue weighted by molar-refractivity contribution is -0.137. The van der Waals surface area contributed by atoms with E-state index in [1.54, 1.807) is 6.92 Å². The maximum absolute atomic E-state index is 12.0. The topological polar surface area (TPSA) is 119 Å². The standard InChI is InChI=1S/C9H17N5O4S/c1-7-10-8(12-11-7)6-14(3)19(17,18)13(2)5-4-9(15)16/h4-6H2,1-3H3,(H,15,16)(H,10,11,12). The van der Waals surface area contributed by atoms with Crippen LogP contribution in [0.15, 0.2) is 0 Å². The van der Waals surface area contributed by atoms with Crippen molar-refractivity contribution in [2.24, 2.45) is 0 Å². The predicted octanol–water partition coefficient (Wildman–Crippen LogP) is -0.804. The van der Waals surface area contributed by atoms with E-state index in [1.165, 1.54) is 14.1 Å². The second kappa shape index (κ2) is 6.08. The highest BCUT2D eigenvalue weighted by atomic mass is 32.2. The number of carboxylic acid groups (broad SMARTS) is 1.